The lowest BCUT2D eigenvalue weighted by Crippen LogP contribution is -2.25. The molecule has 1 N–H and O–H groups in total. The molecule has 0 unspecified atom stereocenters. The van der Waals surface area contributed by atoms with Gasteiger partial charge in [0.2, 0.25) is 0 Å². The van der Waals surface area contributed by atoms with Gasteiger partial charge in [-0.3, -0.25) is 14.5 Å². The van der Waals surface area contributed by atoms with E-state index in [0.29, 0.717) is 15.0 Å². The van der Waals surface area contributed by atoms with Crippen LogP contribution in [0.15, 0.2) is 35.8 Å². The van der Waals surface area contributed by atoms with Crippen LogP contribution >= 0.6 is 34.3 Å². The number of anilines is 2. The van der Waals surface area contributed by atoms with Gasteiger partial charge in [0.25, 0.3) is 11.8 Å². The van der Waals surface area contributed by atoms with Gasteiger partial charge in [-0.15, -0.1) is 22.7 Å². The first-order valence-corrected chi connectivity index (χ1v) is 9.48. The second-order valence-electron chi connectivity index (χ2n) is 5.38. The van der Waals surface area contributed by atoms with Crippen molar-refractivity contribution in [2.45, 2.75) is 6.92 Å². The SMILES string of the molecule is Cc1cc(NC(=O)c2ccc(F)cc2Cl)sc1C(=O)N(C)c1nccs1. The molecule has 5 nitrogen and oxygen atoms in total. The minimum absolute atomic E-state index is 0.0237. The van der Waals surface area contributed by atoms with Crippen LogP contribution in [0, 0.1) is 12.7 Å². The van der Waals surface area contributed by atoms with Crippen molar-refractivity contribution in [1.82, 2.24) is 4.98 Å². The van der Waals surface area contributed by atoms with E-state index in [0.717, 1.165) is 23.0 Å². The van der Waals surface area contributed by atoms with E-state index in [1.807, 2.05) is 0 Å². The maximum absolute atomic E-state index is 13.1. The molecule has 0 aliphatic heterocycles. The normalized spacial score (nSPS) is 10.6. The zero-order valence-electron chi connectivity index (χ0n) is 13.7. The lowest BCUT2D eigenvalue weighted by Gasteiger charge is -2.12. The molecule has 0 saturated heterocycles. The van der Waals surface area contributed by atoms with Crippen molar-refractivity contribution in [2.24, 2.45) is 0 Å². The van der Waals surface area contributed by atoms with Crippen molar-refractivity contribution in [2.75, 3.05) is 17.3 Å². The third-order valence-corrected chi connectivity index (χ3v) is 5.84. The second kappa shape index (κ2) is 7.53. The summed E-state index contributed by atoms with van der Waals surface area (Å²) in [6.07, 6.45) is 1.63. The van der Waals surface area contributed by atoms with Gasteiger partial charge in [0.1, 0.15) is 5.82 Å². The second-order valence-corrected chi connectivity index (χ2v) is 7.71. The molecule has 3 aromatic rings. The number of aryl methyl sites for hydroxylation is 1. The summed E-state index contributed by atoms with van der Waals surface area (Å²) in [5.41, 5.74) is 0.899. The highest BCUT2D eigenvalue weighted by atomic mass is 35.5. The van der Waals surface area contributed by atoms with Crippen molar-refractivity contribution >= 4 is 56.2 Å². The zero-order chi connectivity index (χ0) is 18.8. The molecule has 2 amide bonds. The lowest BCUT2D eigenvalue weighted by atomic mass is 10.2. The highest BCUT2D eigenvalue weighted by Gasteiger charge is 2.21. The summed E-state index contributed by atoms with van der Waals surface area (Å²) in [4.78, 5) is 31.1. The van der Waals surface area contributed by atoms with Crippen LogP contribution in [0.25, 0.3) is 0 Å². The van der Waals surface area contributed by atoms with E-state index in [-0.39, 0.29) is 16.5 Å². The molecular weight excluding hydrogens is 397 g/mol. The third kappa shape index (κ3) is 3.77. The lowest BCUT2D eigenvalue weighted by molar-refractivity contribution is 0.0994. The molecule has 26 heavy (non-hydrogen) atoms. The molecule has 0 spiro atoms. The summed E-state index contributed by atoms with van der Waals surface area (Å²) in [6.45, 7) is 1.79. The number of halogens is 2. The van der Waals surface area contributed by atoms with Crippen molar-refractivity contribution in [3.63, 3.8) is 0 Å². The maximum atomic E-state index is 13.1. The number of hydrogen-bond acceptors (Lipinski definition) is 5. The number of rotatable bonds is 4. The molecule has 0 aliphatic carbocycles. The average molecular weight is 410 g/mol. The molecular formula is C17H13ClFN3O2S2. The number of nitrogens with one attached hydrogen (secondary N) is 1. The van der Waals surface area contributed by atoms with Crippen LogP contribution in [0.5, 0.6) is 0 Å². The minimum Gasteiger partial charge on any atom is -0.313 e. The summed E-state index contributed by atoms with van der Waals surface area (Å²) in [7, 11) is 1.65. The van der Waals surface area contributed by atoms with E-state index >= 15 is 0 Å². The summed E-state index contributed by atoms with van der Waals surface area (Å²) >= 11 is 8.43. The van der Waals surface area contributed by atoms with Crippen LogP contribution in [-0.2, 0) is 0 Å². The van der Waals surface area contributed by atoms with E-state index in [9.17, 15) is 14.0 Å². The molecule has 9 heteroatoms. The Morgan fingerprint density at radius 2 is 2.08 bits per heavy atom. The Balaban J connectivity index is 1.79. The Morgan fingerprint density at radius 1 is 1.31 bits per heavy atom. The van der Waals surface area contributed by atoms with Crippen molar-refractivity contribution < 1.29 is 14.0 Å². The van der Waals surface area contributed by atoms with E-state index in [4.69, 9.17) is 11.6 Å². The number of carbonyl (C=O) groups excluding carboxylic acids is 2. The number of thiazole rings is 1. The predicted molar refractivity (Wildman–Crippen MR) is 103 cm³/mol. The Labute approximate surface area is 162 Å². The number of benzene rings is 1. The van der Waals surface area contributed by atoms with Gasteiger partial charge in [-0.1, -0.05) is 11.6 Å². The summed E-state index contributed by atoms with van der Waals surface area (Å²) in [6, 6.07) is 5.27. The molecule has 2 heterocycles. The van der Waals surface area contributed by atoms with Gasteiger partial charge in [0.05, 0.1) is 20.5 Å². The van der Waals surface area contributed by atoms with Crippen LogP contribution in [-0.4, -0.2) is 23.8 Å². The van der Waals surface area contributed by atoms with Gasteiger partial charge in [0, 0.05) is 18.6 Å². The van der Waals surface area contributed by atoms with Gasteiger partial charge >= 0.3 is 0 Å². The Kier molecular flexibility index (Phi) is 5.36. The highest BCUT2D eigenvalue weighted by molar-refractivity contribution is 7.18. The smallest absolute Gasteiger partial charge is 0.270 e. The van der Waals surface area contributed by atoms with Crippen LogP contribution < -0.4 is 10.2 Å². The molecule has 1 aromatic carbocycles. The quantitative estimate of drug-likeness (QED) is 0.671. The molecule has 0 bridgehead atoms. The van der Waals surface area contributed by atoms with Gasteiger partial charge in [-0.05, 0) is 36.8 Å². The van der Waals surface area contributed by atoms with Crippen LogP contribution in [0.2, 0.25) is 5.02 Å². The average Bonchev–Trinajstić information content (AvgIpc) is 3.23. The molecule has 0 radical (unpaired) electrons. The van der Waals surface area contributed by atoms with E-state index in [1.54, 1.807) is 31.6 Å². The van der Waals surface area contributed by atoms with Crippen LogP contribution in [0.4, 0.5) is 14.5 Å². The number of hydrogen-bond donors (Lipinski definition) is 1. The Morgan fingerprint density at radius 3 is 2.73 bits per heavy atom. The number of amides is 2. The van der Waals surface area contributed by atoms with Crippen molar-refractivity contribution in [3.05, 3.63) is 62.7 Å². The van der Waals surface area contributed by atoms with Gasteiger partial charge < -0.3 is 5.32 Å². The highest BCUT2D eigenvalue weighted by Crippen LogP contribution is 2.30. The first-order chi connectivity index (χ1) is 12.4. The Bertz CT molecular complexity index is 973. The standard InChI is InChI=1S/C17H13ClFN3O2S2/c1-9-7-13(21-15(23)11-4-3-10(19)8-12(11)18)26-14(9)16(24)22(2)17-20-5-6-25-17/h3-8H,1-2H3,(H,21,23). The first kappa shape index (κ1) is 18.5. The van der Waals surface area contributed by atoms with E-state index in [2.05, 4.69) is 10.3 Å². The van der Waals surface area contributed by atoms with E-state index in [1.165, 1.54) is 28.4 Å². The Hall–Kier alpha value is -2.29. The molecule has 0 atom stereocenters. The third-order valence-electron chi connectivity index (χ3n) is 3.54. The first-order valence-electron chi connectivity index (χ1n) is 7.41. The van der Waals surface area contributed by atoms with Crippen molar-refractivity contribution in [1.29, 1.82) is 0 Å². The molecule has 3 rings (SSSR count). The largest absolute Gasteiger partial charge is 0.313 e. The minimum atomic E-state index is -0.517. The van der Waals surface area contributed by atoms with E-state index < -0.39 is 11.7 Å². The predicted octanol–water partition coefficient (Wildman–Crippen LogP) is 4.83. The fourth-order valence-electron chi connectivity index (χ4n) is 2.23. The molecule has 134 valence electrons. The van der Waals surface area contributed by atoms with Gasteiger partial charge in [-0.2, -0.15) is 0 Å². The summed E-state index contributed by atoms with van der Waals surface area (Å²) in [5.74, 6) is -1.19. The number of aromatic nitrogens is 1. The molecule has 2 aromatic heterocycles. The fraction of sp³-hybridized carbons (Fsp3) is 0.118. The van der Waals surface area contributed by atoms with Gasteiger partial charge in [0.15, 0.2) is 5.13 Å². The maximum Gasteiger partial charge on any atom is 0.270 e. The van der Waals surface area contributed by atoms with Crippen LogP contribution in [0.3, 0.4) is 0 Å². The number of thiophene rings is 1. The number of carbonyl (C=O) groups is 2. The van der Waals surface area contributed by atoms with Gasteiger partial charge in [-0.25, -0.2) is 9.37 Å². The summed E-state index contributed by atoms with van der Waals surface area (Å²) in [5, 5.41) is 5.60. The molecule has 0 aliphatic rings. The molecule has 0 saturated carbocycles. The van der Waals surface area contributed by atoms with Crippen molar-refractivity contribution in [3.8, 4) is 0 Å². The van der Waals surface area contributed by atoms with Crippen LogP contribution in [0.1, 0.15) is 25.6 Å². The molecule has 0 fully saturated rings. The zero-order valence-corrected chi connectivity index (χ0v) is 16.1. The topological polar surface area (TPSA) is 62.3 Å². The number of nitrogens with zero attached hydrogens (tertiary/aromatic N) is 2. The monoisotopic (exact) mass is 409 g/mol. The summed E-state index contributed by atoms with van der Waals surface area (Å²) < 4.78 is 13.1. The fourth-order valence-corrected chi connectivity index (χ4v) is 4.13.